The third kappa shape index (κ3) is 4.10. The first kappa shape index (κ1) is 26.9. The number of phenolic OH excluding ortho intramolecular Hbond substituents is 1. The first-order valence-corrected chi connectivity index (χ1v) is 12.9. The van der Waals surface area contributed by atoms with Crippen LogP contribution in [0.3, 0.4) is 0 Å². The number of ketones is 4. The molecule has 0 spiro atoms. The maximum absolute atomic E-state index is 13.8. The normalized spacial score (nSPS) is 30.1. The lowest BCUT2D eigenvalue weighted by molar-refractivity contribution is -0.181. The van der Waals surface area contributed by atoms with Crippen LogP contribution < -0.4 is 11.1 Å². The second-order valence-electron chi connectivity index (χ2n) is 11.0. The number of primary amides is 1. The number of aromatic hydroxyl groups is 1. The molecule has 2 fully saturated rings. The zero-order valence-corrected chi connectivity index (χ0v) is 21.7. The summed E-state index contributed by atoms with van der Waals surface area (Å²) in [5.74, 6) is -10.4. The van der Waals surface area contributed by atoms with Crippen LogP contribution in [0.1, 0.15) is 33.5 Å². The van der Waals surface area contributed by atoms with E-state index in [2.05, 4.69) is 5.32 Å². The lowest BCUT2D eigenvalue weighted by Crippen LogP contribution is -2.74. The summed E-state index contributed by atoms with van der Waals surface area (Å²) in [6.07, 6.45) is 0.263. The molecular formula is C29H31N3O7. The van der Waals surface area contributed by atoms with Crippen molar-refractivity contribution in [1.82, 2.24) is 10.2 Å². The predicted octanol–water partition coefficient (Wildman–Crippen LogP) is 0.157. The molecule has 0 heterocycles. The maximum atomic E-state index is 13.8. The summed E-state index contributed by atoms with van der Waals surface area (Å²) in [5.41, 5.74) is 5.09. The summed E-state index contributed by atoms with van der Waals surface area (Å²) in [7, 11) is 3.12. The van der Waals surface area contributed by atoms with E-state index >= 15 is 0 Å². The van der Waals surface area contributed by atoms with Gasteiger partial charge in [0.1, 0.15) is 5.75 Å². The van der Waals surface area contributed by atoms with E-state index in [4.69, 9.17) is 5.73 Å². The highest BCUT2D eigenvalue weighted by atomic mass is 16.3. The van der Waals surface area contributed by atoms with Crippen LogP contribution in [0, 0.1) is 23.7 Å². The third-order valence-electron chi connectivity index (χ3n) is 8.53. The summed E-state index contributed by atoms with van der Waals surface area (Å²) >= 11 is 0. The third-order valence-corrected chi connectivity index (χ3v) is 8.53. The Balaban J connectivity index is 1.51. The van der Waals surface area contributed by atoms with Crippen molar-refractivity contribution in [1.29, 1.82) is 0 Å². The van der Waals surface area contributed by atoms with Crippen LogP contribution >= 0.6 is 0 Å². The SMILES string of the molecule is CN(C)[C@H]1C(=O)C(C(N)=O)C(=O)[C@]2(O)C(=O)C3C(=O)c4c(O)ccc(CNCc5ccccc5)c4C[C@@H]3C[C@H]12. The second kappa shape index (κ2) is 9.78. The molecule has 39 heavy (non-hydrogen) atoms. The van der Waals surface area contributed by atoms with Crippen molar-refractivity contribution >= 4 is 29.0 Å². The molecule has 0 aliphatic heterocycles. The van der Waals surface area contributed by atoms with Gasteiger partial charge < -0.3 is 21.3 Å². The molecule has 2 saturated carbocycles. The molecule has 204 valence electrons. The van der Waals surface area contributed by atoms with E-state index in [-0.39, 0.29) is 24.2 Å². The molecule has 3 aliphatic carbocycles. The highest BCUT2D eigenvalue weighted by Crippen LogP contribution is 2.51. The minimum absolute atomic E-state index is 0.000562. The number of carbonyl (C=O) groups is 5. The Hall–Kier alpha value is -3.73. The van der Waals surface area contributed by atoms with Gasteiger partial charge in [0.05, 0.1) is 17.5 Å². The van der Waals surface area contributed by atoms with Crippen molar-refractivity contribution in [3.05, 3.63) is 64.7 Å². The van der Waals surface area contributed by atoms with Crippen LogP contribution in [0.15, 0.2) is 42.5 Å². The van der Waals surface area contributed by atoms with Crippen molar-refractivity contribution in [2.24, 2.45) is 29.4 Å². The molecule has 2 aromatic carbocycles. The molecular weight excluding hydrogens is 502 g/mol. The van der Waals surface area contributed by atoms with Crippen molar-refractivity contribution in [2.45, 2.75) is 37.6 Å². The van der Waals surface area contributed by atoms with Crippen molar-refractivity contribution < 1.29 is 34.2 Å². The van der Waals surface area contributed by atoms with Crippen LogP contribution in [0.2, 0.25) is 0 Å². The van der Waals surface area contributed by atoms with E-state index in [1.807, 2.05) is 30.3 Å². The minimum atomic E-state index is -2.72. The van der Waals surface area contributed by atoms with E-state index in [0.717, 1.165) is 11.1 Å². The maximum Gasteiger partial charge on any atom is 0.235 e. The summed E-state index contributed by atoms with van der Waals surface area (Å²) in [6, 6.07) is 11.8. The number of nitrogens with one attached hydrogen (secondary N) is 1. The molecule has 1 amide bonds. The quantitative estimate of drug-likeness (QED) is 0.378. The Morgan fingerprint density at radius 1 is 1.05 bits per heavy atom. The molecule has 10 heteroatoms. The molecule has 6 atom stereocenters. The average Bonchev–Trinajstić information content (AvgIpc) is 2.87. The highest BCUT2D eigenvalue weighted by Gasteiger charge is 2.69. The van der Waals surface area contributed by atoms with E-state index in [0.29, 0.717) is 18.7 Å². The summed E-state index contributed by atoms with van der Waals surface area (Å²) < 4.78 is 0. The number of rotatable bonds is 6. The molecule has 0 aromatic heterocycles. The number of likely N-dealkylation sites (N-methyl/N-ethyl adjacent to an activating group) is 1. The fourth-order valence-corrected chi connectivity index (χ4v) is 6.77. The Morgan fingerprint density at radius 2 is 1.74 bits per heavy atom. The van der Waals surface area contributed by atoms with Gasteiger partial charge in [0.2, 0.25) is 5.91 Å². The largest absolute Gasteiger partial charge is 0.507 e. The van der Waals surface area contributed by atoms with Gasteiger partial charge in [0.15, 0.2) is 34.7 Å². The molecule has 0 bridgehead atoms. The number of aliphatic hydroxyl groups is 1. The van der Waals surface area contributed by atoms with Gasteiger partial charge in [-0.05, 0) is 55.6 Å². The smallest absolute Gasteiger partial charge is 0.235 e. The molecule has 2 unspecified atom stereocenters. The molecule has 10 nitrogen and oxygen atoms in total. The lowest BCUT2D eigenvalue weighted by atomic mass is 9.52. The monoisotopic (exact) mass is 533 g/mol. The molecule has 3 aliphatic rings. The Morgan fingerprint density at radius 3 is 2.38 bits per heavy atom. The van der Waals surface area contributed by atoms with Gasteiger partial charge in [-0.25, -0.2) is 0 Å². The van der Waals surface area contributed by atoms with Crippen LogP contribution in [-0.2, 0) is 38.7 Å². The Bertz CT molecular complexity index is 1390. The van der Waals surface area contributed by atoms with Crippen LogP contribution in [0.4, 0.5) is 0 Å². The van der Waals surface area contributed by atoms with E-state index in [1.165, 1.54) is 11.0 Å². The molecule has 2 aromatic rings. The fraction of sp³-hybridized carbons (Fsp3) is 0.414. The number of Topliss-reactive ketones (excluding diaryl/α,β-unsaturated/α-hetero) is 4. The predicted molar refractivity (Wildman–Crippen MR) is 138 cm³/mol. The van der Waals surface area contributed by atoms with Crippen molar-refractivity contribution in [3.8, 4) is 5.75 Å². The Labute approximate surface area is 225 Å². The number of amides is 1. The van der Waals surface area contributed by atoms with E-state index in [1.54, 1.807) is 20.2 Å². The molecule has 5 N–H and O–H groups in total. The summed E-state index contributed by atoms with van der Waals surface area (Å²) in [6.45, 7) is 0.987. The summed E-state index contributed by atoms with van der Waals surface area (Å²) in [4.78, 5) is 67.6. The lowest BCUT2D eigenvalue weighted by Gasteiger charge is -2.52. The van der Waals surface area contributed by atoms with E-state index in [9.17, 15) is 34.2 Å². The first-order chi connectivity index (χ1) is 18.5. The number of fused-ring (bicyclic) bond motifs is 3. The van der Waals surface area contributed by atoms with Gasteiger partial charge in [-0.2, -0.15) is 0 Å². The topological polar surface area (TPSA) is 167 Å². The van der Waals surface area contributed by atoms with Crippen LogP contribution in [0.5, 0.6) is 5.75 Å². The first-order valence-electron chi connectivity index (χ1n) is 12.9. The molecule has 0 radical (unpaired) electrons. The second-order valence-corrected chi connectivity index (χ2v) is 11.0. The highest BCUT2D eigenvalue weighted by molar-refractivity contribution is 6.32. The van der Waals surface area contributed by atoms with Crippen LogP contribution in [-0.4, -0.2) is 69.9 Å². The zero-order chi connectivity index (χ0) is 28.2. The van der Waals surface area contributed by atoms with Gasteiger partial charge in [-0.15, -0.1) is 0 Å². The van der Waals surface area contributed by atoms with Gasteiger partial charge in [-0.3, -0.25) is 28.9 Å². The van der Waals surface area contributed by atoms with Gasteiger partial charge in [0, 0.05) is 19.0 Å². The van der Waals surface area contributed by atoms with Gasteiger partial charge in [-0.1, -0.05) is 36.4 Å². The number of hydrogen-bond donors (Lipinski definition) is 4. The van der Waals surface area contributed by atoms with Crippen molar-refractivity contribution in [3.63, 3.8) is 0 Å². The molecule has 0 saturated heterocycles. The van der Waals surface area contributed by atoms with Gasteiger partial charge in [0.25, 0.3) is 0 Å². The van der Waals surface area contributed by atoms with Gasteiger partial charge >= 0.3 is 0 Å². The summed E-state index contributed by atoms with van der Waals surface area (Å²) in [5, 5.41) is 25.6. The fourth-order valence-electron chi connectivity index (χ4n) is 6.77. The minimum Gasteiger partial charge on any atom is -0.507 e. The van der Waals surface area contributed by atoms with Crippen molar-refractivity contribution in [2.75, 3.05) is 14.1 Å². The number of phenols is 1. The number of nitrogens with zero attached hydrogens (tertiary/aromatic N) is 1. The van der Waals surface area contributed by atoms with E-state index < -0.39 is 64.4 Å². The molecule has 5 rings (SSSR count). The number of nitrogens with two attached hydrogens (primary N) is 1. The Kier molecular flexibility index (Phi) is 6.74. The number of hydrogen-bond acceptors (Lipinski definition) is 9. The average molecular weight is 534 g/mol. The number of benzene rings is 2. The van der Waals surface area contributed by atoms with Crippen LogP contribution in [0.25, 0.3) is 0 Å². The number of carbonyl (C=O) groups excluding carboxylic acids is 5. The zero-order valence-electron chi connectivity index (χ0n) is 21.7. The standard InChI is InChI=1S/C29H31N3O7/c1-32(2)23-18-11-16-10-17-15(13-31-12-14-6-4-3-5-7-14)8-9-19(33)21(17)24(34)20(16)26(36)29(18,39)27(37)22(25(23)35)28(30)38/h3-9,16,18,20,22-23,31,33,39H,10-13H2,1-2H3,(H2,30,38)/t16-,18-,20?,22?,23-,29-/m1/s1.